The van der Waals surface area contributed by atoms with Crippen LogP contribution in [-0.4, -0.2) is 31.4 Å². The Morgan fingerprint density at radius 1 is 1.10 bits per heavy atom. The van der Waals surface area contributed by atoms with E-state index in [2.05, 4.69) is 5.32 Å². The molecule has 0 aliphatic rings. The molecule has 2 aromatic carbocycles. The van der Waals surface area contributed by atoms with Crippen LogP contribution in [0.25, 0.3) is 6.08 Å². The van der Waals surface area contributed by atoms with Crippen molar-refractivity contribution in [3.05, 3.63) is 65.5 Å². The molecule has 0 aliphatic carbocycles. The maximum atomic E-state index is 13.6. The molecule has 1 amide bonds. The molecular weight excluding hydrogens is 377 g/mol. The Hall–Kier alpha value is -3.48. The summed E-state index contributed by atoms with van der Waals surface area (Å²) in [6.45, 7) is 1.48. The van der Waals surface area contributed by atoms with Crippen molar-refractivity contribution in [2.45, 2.75) is 19.8 Å². The molecule has 6 nitrogen and oxygen atoms in total. The summed E-state index contributed by atoms with van der Waals surface area (Å²) < 4.78 is 23.3. The van der Waals surface area contributed by atoms with E-state index >= 15 is 0 Å². The van der Waals surface area contributed by atoms with Crippen LogP contribution in [0, 0.1) is 5.82 Å². The van der Waals surface area contributed by atoms with Crippen LogP contribution in [-0.2, 0) is 14.3 Å². The molecule has 2 rings (SSSR count). The lowest BCUT2D eigenvalue weighted by atomic mass is 10.1. The molecule has 0 aliphatic heterocycles. The highest BCUT2D eigenvalue weighted by Crippen LogP contribution is 2.18. The summed E-state index contributed by atoms with van der Waals surface area (Å²) in [5.74, 6) is -1.64. The number of halogens is 1. The highest BCUT2D eigenvalue weighted by Gasteiger charge is 2.09. The second kappa shape index (κ2) is 10.8. The molecule has 2 aromatic rings. The van der Waals surface area contributed by atoms with Gasteiger partial charge in [0.05, 0.1) is 7.11 Å². The number of nitrogens with one attached hydrogen (secondary N) is 1. The van der Waals surface area contributed by atoms with Crippen molar-refractivity contribution in [3.63, 3.8) is 0 Å². The number of rotatable bonds is 9. The van der Waals surface area contributed by atoms with Gasteiger partial charge < -0.3 is 14.8 Å². The largest absolute Gasteiger partial charge is 0.494 e. The van der Waals surface area contributed by atoms with Gasteiger partial charge in [0.2, 0.25) is 5.91 Å². The number of ketones is 1. The molecule has 152 valence electrons. The van der Waals surface area contributed by atoms with Gasteiger partial charge in [-0.3, -0.25) is 9.59 Å². The van der Waals surface area contributed by atoms with Gasteiger partial charge in [-0.25, -0.2) is 9.18 Å². The fraction of sp³-hybridized carbons (Fsp3) is 0.227. The molecule has 7 heteroatoms. The van der Waals surface area contributed by atoms with Crippen LogP contribution in [0.3, 0.4) is 0 Å². The fourth-order valence-corrected chi connectivity index (χ4v) is 2.41. The van der Waals surface area contributed by atoms with E-state index in [9.17, 15) is 18.8 Å². The zero-order chi connectivity index (χ0) is 21.2. The monoisotopic (exact) mass is 399 g/mol. The van der Waals surface area contributed by atoms with Crippen LogP contribution in [0.2, 0.25) is 0 Å². The highest BCUT2D eigenvalue weighted by molar-refractivity contribution is 5.99. The summed E-state index contributed by atoms with van der Waals surface area (Å²) in [6.07, 6.45) is 3.66. The van der Waals surface area contributed by atoms with Gasteiger partial charge >= 0.3 is 5.97 Å². The van der Waals surface area contributed by atoms with E-state index in [0.29, 0.717) is 23.2 Å². The fourth-order valence-electron chi connectivity index (χ4n) is 2.41. The molecule has 0 heterocycles. The number of methoxy groups -OCH3 is 1. The van der Waals surface area contributed by atoms with Crippen molar-refractivity contribution in [2.24, 2.45) is 0 Å². The Bertz CT molecular complexity index is 906. The van der Waals surface area contributed by atoms with Gasteiger partial charge in [0.1, 0.15) is 0 Å². The first-order valence-corrected chi connectivity index (χ1v) is 9.04. The molecule has 1 N–H and O–H groups in total. The number of esters is 1. The van der Waals surface area contributed by atoms with Crippen LogP contribution in [0.1, 0.15) is 35.7 Å². The van der Waals surface area contributed by atoms with Crippen LogP contribution in [0.4, 0.5) is 10.1 Å². The first-order valence-electron chi connectivity index (χ1n) is 9.04. The number of amides is 1. The first-order chi connectivity index (χ1) is 13.9. The van der Waals surface area contributed by atoms with Crippen molar-refractivity contribution >= 4 is 29.4 Å². The van der Waals surface area contributed by atoms with E-state index in [1.54, 1.807) is 30.3 Å². The normalized spacial score (nSPS) is 10.6. The van der Waals surface area contributed by atoms with Crippen molar-refractivity contribution < 1.29 is 28.2 Å². The summed E-state index contributed by atoms with van der Waals surface area (Å²) in [5, 5.41) is 2.72. The van der Waals surface area contributed by atoms with Gasteiger partial charge in [0.15, 0.2) is 24.0 Å². The zero-order valence-electron chi connectivity index (χ0n) is 16.2. The topological polar surface area (TPSA) is 81.7 Å². The molecule has 0 fully saturated rings. The van der Waals surface area contributed by atoms with Gasteiger partial charge in [-0.2, -0.15) is 0 Å². The Morgan fingerprint density at radius 3 is 2.45 bits per heavy atom. The van der Waals surface area contributed by atoms with E-state index in [1.807, 2.05) is 6.92 Å². The zero-order valence-corrected chi connectivity index (χ0v) is 16.2. The van der Waals surface area contributed by atoms with Gasteiger partial charge in [0.25, 0.3) is 0 Å². The lowest BCUT2D eigenvalue weighted by Gasteiger charge is -2.06. The van der Waals surface area contributed by atoms with Gasteiger partial charge in [-0.15, -0.1) is 0 Å². The number of carbonyl (C=O) groups is 3. The number of hydrogen-bond donors (Lipinski definition) is 1. The summed E-state index contributed by atoms with van der Waals surface area (Å²) >= 11 is 0. The number of Topliss-reactive ketones (excluding diaryl/α,β-unsaturated/α-hetero) is 1. The summed E-state index contributed by atoms with van der Waals surface area (Å²) in [4.78, 5) is 35.4. The third-order valence-electron chi connectivity index (χ3n) is 3.90. The third-order valence-corrected chi connectivity index (χ3v) is 3.90. The Morgan fingerprint density at radius 2 is 1.83 bits per heavy atom. The molecular formula is C22H22FNO5. The van der Waals surface area contributed by atoms with E-state index in [1.165, 1.54) is 25.3 Å². The number of ether oxygens (including phenoxy) is 2. The van der Waals surface area contributed by atoms with Crippen LogP contribution in [0.5, 0.6) is 5.75 Å². The maximum absolute atomic E-state index is 13.6. The minimum Gasteiger partial charge on any atom is -0.494 e. The molecule has 0 saturated heterocycles. The lowest BCUT2D eigenvalue weighted by Crippen LogP contribution is -2.13. The SMILES string of the molecule is CCCC(=O)Nc1ccc(C(=O)COC(=O)/C=C/c2ccc(OC)c(F)c2)cc1. The van der Waals surface area contributed by atoms with Crippen LogP contribution < -0.4 is 10.1 Å². The third kappa shape index (κ3) is 6.88. The predicted octanol–water partition coefficient (Wildman–Crippen LogP) is 4.01. The second-order valence-electron chi connectivity index (χ2n) is 6.13. The highest BCUT2D eigenvalue weighted by atomic mass is 19.1. The van der Waals surface area contributed by atoms with E-state index in [0.717, 1.165) is 12.5 Å². The van der Waals surface area contributed by atoms with Crippen molar-refractivity contribution in [1.82, 2.24) is 0 Å². The standard InChI is InChI=1S/C22H22FNO5/c1-3-4-21(26)24-17-9-7-16(8-10-17)19(25)14-29-22(27)12-6-15-5-11-20(28-2)18(23)13-15/h5-13H,3-4,14H2,1-2H3,(H,24,26)/b12-6+. The Kier molecular flexibility index (Phi) is 8.09. The predicted molar refractivity (Wildman–Crippen MR) is 107 cm³/mol. The lowest BCUT2D eigenvalue weighted by molar-refractivity contribution is -0.136. The molecule has 0 aromatic heterocycles. The van der Waals surface area contributed by atoms with E-state index in [4.69, 9.17) is 9.47 Å². The number of anilines is 1. The molecule has 0 unspecified atom stereocenters. The van der Waals surface area contributed by atoms with Gasteiger partial charge in [-0.05, 0) is 54.5 Å². The molecule has 0 radical (unpaired) electrons. The molecule has 0 spiro atoms. The van der Waals surface area contributed by atoms with Gasteiger partial charge in [0, 0.05) is 23.7 Å². The van der Waals surface area contributed by atoms with E-state index in [-0.39, 0.29) is 17.4 Å². The molecule has 29 heavy (non-hydrogen) atoms. The second-order valence-corrected chi connectivity index (χ2v) is 6.13. The minimum absolute atomic E-state index is 0.0935. The maximum Gasteiger partial charge on any atom is 0.331 e. The molecule has 0 bridgehead atoms. The summed E-state index contributed by atoms with van der Waals surface area (Å²) in [5.41, 5.74) is 1.39. The first kappa shape index (κ1) is 21.8. The molecule has 0 saturated carbocycles. The number of hydrogen-bond acceptors (Lipinski definition) is 5. The average molecular weight is 399 g/mol. The summed E-state index contributed by atoms with van der Waals surface area (Å²) in [6, 6.07) is 10.6. The number of benzene rings is 2. The molecule has 0 atom stereocenters. The minimum atomic E-state index is -0.724. The van der Waals surface area contributed by atoms with Crippen molar-refractivity contribution in [2.75, 3.05) is 19.0 Å². The average Bonchev–Trinajstić information content (AvgIpc) is 2.71. The van der Waals surface area contributed by atoms with Crippen molar-refractivity contribution in [1.29, 1.82) is 0 Å². The van der Waals surface area contributed by atoms with Crippen LogP contribution in [0.15, 0.2) is 48.5 Å². The van der Waals surface area contributed by atoms with Crippen LogP contribution >= 0.6 is 0 Å². The Labute approximate surface area is 168 Å². The van der Waals surface area contributed by atoms with Crippen molar-refractivity contribution in [3.8, 4) is 5.75 Å². The smallest absolute Gasteiger partial charge is 0.331 e. The Balaban J connectivity index is 1.85. The van der Waals surface area contributed by atoms with Gasteiger partial charge in [-0.1, -0.05) is 13.0 Å². The summed E-state index contributed by atoms with van der Waals surface area (Å²) in [7, 11) is 1.36. The quantitative estimate of drug-likeness (QED) is 0.391. The van der Waals surface area contributed by atoms with E-state index < -0.39 is 18.4 Å². The number of carbonyl (C=O) groups excluding carboxylic acids is 3.